The van der Waals surface area contributed by atoms with Gasteiger partial charge in [0.15, 0.2) is 0 Å². The number of halogens is 2. The van der Waals surface area contributed by atoms with E-state index in [1.165, 1.54) is 12.1 Å². The smallest absolute Gasteiger partial charge is 0.277 e. The number of alkyl halides is 2. The molecule has 3 amide bonds. The number of nitrogens with zero attached hydrogens (tertiary/aromatic N) is 1. The highest BCUT2D eigenvalue weighted by molar-refractivity contribution is 6.01. The Morgan fingerprint density at radius 1 is 1.17 bits per heavy atom. The Morgan fingerprint density at radius 2 is 1.74 bits per heavy atom. The van der Waals surface area contributed by atoms with Gasteiger partial charge in [0.25, 0.3) is 11.8 Å². The van der Waals surface area contributed by atoms with Gasteiger partial charge < -0.3 is 11.1 Å². The first-order valence-corrected chi connectivity index (χ1v) is 7.10. The molecule has 3 N–H and O–H groups in total. The zero-order valence-electron chi connectivity index (χ0n) is 12.4. The second-order valence-corrected chi connectivity index (χ2v) is 5.31. The van der Waals surface area contributed by atoms with Crippen LogP contribution in [0.3, 0.4) is 0 Å². The first-order chi connectivity index (χ1) is 10.8. The van der Waals surface area contributed by atoms with Gasteiger partial charge in [-0.2, -0.15) is 0 Å². The van der Waals surface area contributed by atoms with Crippen molar-refractivity contribution in [1.29, 1.82) is 0 Å². The Balaban J connectivity index is 1.95. The van der Waals surface area contributed by atoms with Gasteiger partial charge in [-0.05, 0) is 17.7 Å². The number of nitrogens with two attached hydrogens (primary N) is 1. The van der Waals surface area contributed by atoms with E-state index in [4.69, 9.17) is 5.73 Å². The Hall–Kier alpha value is -2.35. The fourth-order valence-corrected chi connectivity index (χ4v) is 2.13. The van der Waals surface area contributed by atoms with Crippen molar-refractivity contribution < 1.29 is 23.2 Å². The Labute approximate surface area is 131 Å². The van der Waals surface area contributed by atoms with Crippen LogP contribution in [0.1, 0.15) is 28.8 Å². The summed E-state index contributed by atoms with van der Waals surface area (Å²) in [7, 11) is 0. The molecule has 0 spiro atoms. The molecule has 1 aromatic carbocycles. The summed E-state index contributed by atoms with van der Waals surface area (Å²) in [6.45, 7) is -1.53. The molecule has 124 valence electrons. The van der Waals surface area contributed by atoms with Crippen LogP contribution in [0.15, 0.2) is 24.3 Å². The maximum atomic E-state index is 13.0. The van der Waals surface area contributed by atoms with Crippen LogP contribution in [0.5, 0.6) is 0 Å². The van der Waals surface area contributed by atoms with Crippen LogP contribution >= 0.6 is 0 Å². The van der Waals surface area contributed by atoms with Crippen LogP contribution in [-0.4, -0.2) is 41.6 Å². The number of carbonyl (C=O) groups excluding carboxylic acids is 3. The molecule has 23 heavy (non-hydrogen) atoms. The number of carbonyl (C=O) groups is 3. The number of imide groups is 1. The third-order valence-electron chi connectivity index (χ3n) is 3.52. The largest absolute Gasteiger partial charge is 0.346 e. The van der Waals surface area contributed by atoms with Crippen molar-refractivity contribution in [3.63, 3.8) is 0 Å². The molecular weight excluding hydrogens is 308 g/mol. The average molecular weight is 325 g/mol. The van der Waals surface area contributed by atoms with Gasteiger partial charge in [0.2, 0.25) is 11.8 Å². The van der Waals surface area contributed by atoms with Crippen molar-refractivity contribution in [2.75, 3.05) is 13.1 Å². The summed E-state index contributed by atoms with van der Waals surface area (Å²) in [5.74, 6) is -4.23. The fourth-order valence-electron chi connectivity index (χ4n) is 2.13. The zero-order valence-corrected chi connectivity index (χ0v) is 12.4. The molecule has 1 heterocycles. The molecule has 0 atom stereocenters. The molecule has 1 aliphatic rings. The van der Waals surface area contributed by atoms with Gasteiger partial charge in [-0.25, -0.2) is 8.78 Å². The molecule has 6 nitrogen and oxygen atoms in total. The number of likely N-dealkylation sites (tertiary alicyclic amines) is 1. The van der Waals surface area contributed by atoms with Crippen molar-refractivity contribution in [3.8, 4) is 0 Å². The minimum atomic E-state index is -3.15. The molecule has 0 saturated carbocycles. The summed E-state index contributed by atoms with van der Waals surface area (Å²) in [6, 6.07) is 6.07. The highest BCUT2D eigenvalue weighted by Crippen LogP contribution is 2.16. The van der Waals surface area contributed by atoms with Crippen molar-refractivity contribution in [2.45, 2.75) is 25.3 Å². The van der Waals surface area contributed by atoms with Crippen LogP contribution in [-0.2, 0) is 16.1 Å². The lowest BCUT2D eigenvalue weighted by molar-refractivity contribution is -0.139. The Morgan fingerprint density at radius 3 is 2.26 bits per heavy atom. The number of nitrogens with one attached hydrogen (secondary N) is 1. The van der Waals surface area contributed by atoms with Crippen LogP contribution in [0.2, 0.25) is 0 Å². The Kier molecular flexibility index (Phi) is 5.05. The van der Waals surface area contributed by atoms with Gasteiger partial charge in [-0.15, -0.1) is 0 Å². The second kappa shape index (κ2) is 6.82. The minimum absolute atomic E-state index is 0.144. The van der Waals surface area contributed by atoms with E-state index >= 15 is 0 Å². The van der Waals surface area contributed by atoms with Crippen molar-refractivity contribution >= 4 is 17.7 Å². The minimum Gasteiger partial charge on any atom is -0.346 e. The van der Waals surface area contributed by atoms with E-state index < -0.39 is 24.9 Å². The monoisotopic (exact) mass is 325 g/mol. The lowest BCUT2D eigenvalue weighted by Crippen LogP contribution is -2.41. The van der Waals surface area contributed by atoms with E-state index in [9.17, 15) is 23.2 Å². The third kappa shape index (κ3) is 4.32. The average Bonchev–Trinajstić information content (AvgIpc) is 2.85. The summed E-state index contributed by atoms with van der Waals surface area (Å²) in [5.41, 5.74) is 5.78. The van der Waals surface area contributed by atoms with Crippen molar-refractivity contribution in [3.05, 3.63) is 35.4 Å². The zero-order chi connectivity index (χ0) is 17.0. The molecule has 0 bridgehead atoms. The summed E-state index contributed by atoms with van der Waals surface area (Å²) >= 11 is 0. The van der Waals surface area contributed by atoms with E-state index in [0.717, 1.165) is 4.90 Å². The molecule has 0 aromatic heterocycles. The number of rotatable bonds is 6. The molecule has 0 aliphatic carbocycles. The lowest BCUT2D eigenvalue weighted by Gasteiger charge is -2.15. The van der Waals surface area contributed by atoms with E-state index in [2.05, 4.69) is 5.32 Å². The normalized spacial score (nSPS) is 15.2. The van der Waals surface area contributed by atoms with Crippen molar-refractivity contribution in [1.82, 2.24) is 10.2 Å². The molecule has 0 radical (unpaired) electrons. The van der Waals surface area contributed by atoms with Crippen LogP contribution in [0.4, 0.5) is 8.78 Å². The molecule has 0 unspecified atom stereocenters. The van der Waals surface area contributed by atoms with Crippen LogP contribution in [0, 0.1) is 0 Å². The van der Waals surface area contributed by atoms with Gasteiger partial charge in [-0.1, -0.05) is 12.1 Å². The number of benzene rings is 1. The van der Waals surface area contributed by atoms with E-state index in [1.54, 1.807) is 12.1 Å². The molecule has 1 aromatic rings. The SMILES string of the molecule is NCC(F)(F)CNC(=O)c1ccc(CN2C(=O)CCC2=O)cc1. The summed E-state index contributed by atoms with van der Waals surface area (Å²) in [4.78, 5) is 36.0. The fraction of sp³-hybridized carbons (Fsp3) is 0.400. The van der Waals surface area contributed by atoms with E-state index in [-0.39, 0.29) is 36.8 Å². The number of hydrogen-bond donors (Lipinski definition) is 2. The highest BCUT2D eigenvalue weighted by atomic mass is 19.3. The molecule has 8 heteroatoms. The van der Waals surface area contributed by atoms with Gasteiger partial charge in [0.05, 0.1) is 19.6 Å². The highest BCUT2D eigenvalue weighted by Gasteiger charge is 2.29. The molecule has 1 fully saturated rings. The number of hydrogen-bond acceptors (Lipinski definition) is 4. The number of amides is 3. The quantitative estimate of drug-likeness (QED) is 0.752. The van der Waals surface area contributed by atoms with Gasteiger partial charge in [0, 0.05) is 18.4 Å². The first kappa shape index (κ1) is 17.0. The maximum absolute atomic E-state index is 13.0. The topological polar surface area (TPSA) is 92.5 Å². The van der Waals surface area contributed by atoms with Crippen LogP contribution < -0.4 is 11.1 Å². The van der Waals surface area contributed by atoms with Gasteiger partial charge >= 0.3 is 0 Å². The molecular formula is C15H17F2N3O3. The standard InChI is InChI=1S/C15H17F2N3O3/c16-15(17,8-18)9-19-14(23)11-3-1-10(2-4-11)7-20-12(21)5-6-13(20)22/h1-4H,5-9,18H2,(H,19,23). The van der Waals surface area contributed by atoms with Gasteiger partial charge in [0.1, 0.15) is 0 Å². The summed E-state index contributed by atoms with van der Waals surface area (Å²) in [5, 5.41) is 2.11. The Bertz CT molecular complexity index is 601. The summed E-state index contributed by atoms with van der Waals surface area (Å²) < 4.78 is 26.0. The second-order valence-electron chi connectivity index (χ2n) is 5.31. The third-order valence-corrected chi connectivity index (χ3v) is 3.52. The van der Waals surface area contributed by atoms with Crippen LogP contribution in [0.25, 0.3) is 0 Å². The predicted octanol–water partition coefficient (Wildman–Crippen LogP) is 0.659. The van der Waals surface area contributed by atoms with E-state index in [0.29, 0.717) is 5.56 Å². The molecule has 1 saturated heterocycles. The lowest BCUT2D eigenvalue weighted by atomic mass is 10.1. The maximum Gasteiger partial charge on any atom is 0.277 e. The van der Waals surface area contributed by atoms with Gasteiger partial charge in [-0.3, -0.25) is 19.3 Å². The molecule has 1 aliphatic heterocycles. The summed E-state index contributed by atoms with van der Waals surface area (Å²) in [6.07, 6.45) is 0.434. The first-order valence-electron chi connectivity index (χ1n) is 7.10. The predicted molar refractivity (Wildman–Crippen MR) is 77.6 cm³/mol. The van der Waals surface area contributed by atoms with E-state index in [1.807, 2.05) is 0 Å². The molecule has 2 rings (SSSR count). The van der Waals surface area contributed by atoms with Crippen molar-refractivity contribution in [2.24, 2.45) is 5.73 Å².